The molecule has 0 aliphatic heterocycles. The number of nitrogens with zero attached hydrogens (tertiary/aromatic N) is 3. The van der Waals surface area contributed by atoms with Crippen molar-refractivity contribution in [1.82, 2.24) is 9.78 Å². The Labute approximate surface area is 121 Å². The number of rotatable bonds is 4. The molecule has 0 saturated carbocycles. The molecule has 1 aromatic heterocycles. The Hall–Kier alpha value is -2.08. The number of nitro groups is 1. The van der Waals surface area contributed by atoms with E-state index in [0.717, 1.165) is 12.0 Å². The molecule has 0 spiro atoms. The van der Waals surface area contributed by atoms with Crippen molar-refractivity contribution in [3.63, 3.8) is 0 Å². The molecule has 0 N–H and O–H groups in total. The van der Waals surface area contributed by atoms with Gasteiger partial charge in [-0.3, -0.25) is 10.1 Å². The van der Waals surface area contributed by atoms with Gasteiger partial charge in [-0.15, -0.1) is 0 Å². The zero-order chi connectivity index (χ0) is 14.9. The van der Waals surface area contributed by atoms with E-state index in [9.17, 15) is 10.1 Å². The summed E-state index contributed by atoms with van der Waals surface area (Å²) in [4.78, 5) is 10.6. The lowest BCUT2D eigenvalue weighted by molar-refractivity contribution is -0.386. The summed E-state index contributed by atoms with van der Waals surface area (Å²) in [7, 11) is 1.60. The van der Waals surface area contributed by atoms with Gasteiger partial charge in [0.15, 0.2) is 0 Å². The molecule has 6 nitrogen and oxygen atoms in total. The smallest absolute Gasteiger partial charge is 0.353 e. The molecule has 0 aliphatic rings. The Morgan fingerprint density at radius 3 is 2.80 bits per heavy atom. The van der Waals surface area contributed by atoms with Crippen molar-refractivity contribution in [1.29, 1.82) is 0 Å². The minimum absolute atomic E-state index is 0.108. The fraction of sp³-hybridized carbons (Fsp3) is 0.308. The molecule has 0 aliphatic carbocycles. The van der Waals surface area contributed by atoms with Gasteiger partial charge in [0.25, 0.3) is 5.88 Å². The maximum Gasteiger partial charge on any atom is 0.353 e. The second kappa shape index (κ2) is 5.50. The van der Waals surface area contributed by atoms with E-state index in [4.69, 9.17) is 16.3 Å². The van der Waals surface area contributed by atoms with Crippen LogP contribution in [-0.4, -0.2) is 14.7 Å². The highest BCUT2D eigenvalue weighted by Crippen LogP contribution is 2.34. The number of aryl methyl sites for hydroxylation is 3. The van der Waals surface area contributed by atoms with Crippen molar-refractivity contribution >= 4 is 17.3 Å². The highest BCUT2D eigenvalue weighted by atomic mass is 35.5. The Bertz CT molecular complexity index is 667. The summed E-state index contributed by atoms with van der Waals surface area (Å²) in [5, 5.41) is 15.7. The molecule has 2 rings (SSSR count). The fourth-order valence-corrected chi connectivity index (χ4v) is 2.20. The van der Waals surface area contributed by atoms with E-state index < -0.39 is 4.92 Å². The predicted molar refractivity (Wildman–Crippen MR) is 75.5 cm³/mol. The zero-order valence-corrected chi connectivity index (χ0v) is 12.1. The van der Waals surface area contributed by atoms with Crippen LogP contribution in [0.3, 0.4) is 0 Å². The van der Waals surface area contributed by atoms with Crippen LogP contribution in [0.25, 0.3) is 0 Å². The number of aromatic nitrogens is 2. The fourth-order valence-electron chi connectivity index (χ4n) is 1.95. The van der Waals surface area contributed by atoms with E-state index in [1.54, 1.807) is 32.2 Å². The third-order valence-electron chi connectivity index (χ3n) is 2.93. The van der Waals surface area contributed by atoms with E-state index >= 15 is 0 Å². The molecule has 7 heteroatoms. The predicted octanol–water partition coefficient (Wildman–Crippen LogP) is 3.64. The average Bonchev–Trinajstić information content (AvgIpc) is 2.66. The highest BCUT2D eigenvalue weighted by Gasteiger charge is 2.26. The molecule has 1 aromatic carbocycles. The Balaban J connectivity index is 2.42. The van der Waals surface area contributed by atoms with Gasteiger partial charge in [0.2, 0.25) is 0 Å². The van der Waals surface area contributed by atoms with E-state index in [1.165, 1.54) is 4.68 Å². The quantitative estimate of drug-likeness (QED) is 0.637. The molecule has 0 amide bonds. The number of benzene rings is 1. The largest absolute Gasteiger partial charge is 0.434 e. The molecule has 0 atom stereocenters. The lowest BCUT2D eigenvalue weighted by Crippen LogP contribution is -1.98. The van der Waals surface area contributed by atoms with Crippen LogP contribution in [0.15, 0.2) is 18.2 Å². The van der Waals surface area contributed by atoms with Crippen LogP contribution in [-0.2, 0) is 13.5 Å². The maximum absolute atomic E-state index is 11.1. The van der Waals surface area contributed by atoms with Crippen molar-refractivity contribution in [2.75, 3.05) is 0 Å². The molecule has 106 valence electrons. The summed E-state index contributed by atoms with van der Waals surface area (Å²) in [6, 6.07) is 5.16. The first kappa shape index (κ1) is 14.3. The molecule has 0 saturated heterocycles. The van der Waals surface area contributed by atoms with Crippen LogP contribution in [0.5, 0.6) is 11.6 Å². The Kier molecular flexibility index (Phi) is 3.94. The third-order valence-corrected chi connectivity index (χ3v) is 3.30. The van der Waals surface area contributed by atoms with Crippen molar-refractivity contribution in [2.45, 2.75) is 20.3 Å². The number of hydrogen-bond acceptors (Lipinski definition) is 4. The van der Waals surface area contributed by atoms with Gasteiger partial charge < -0.3 is 4.74 Å². The SMILES string of the molecule is CCc1cc(Oc2c([N+](=O)[O-])c(C)nn2C)ccc1Cl. The normalized spacial score (nSPS) is 10.6. The van der Waals surface area contributed by atoms with E-state index in [1.807, 2.05) is 6.92 Å². The van der Waals surface area contributed by atoms with Crippen LogP contribution in [0.4, 0.5) is 5.69 Å². The maximum atomic E-state index is 11.1. The standard InChI is InChI=1S/C13H14ClN3O3/c1-4-9-7-10(5-6-11(9)14)20-13-12(17(18)19)8(2)15-16(13)3/h5-7H,4H2,1-3H3. The van der Waals surface area contributed by atoms with Crippen molar-refractivity contribution < 1.29 is 9.66 Å². The van der Waals surface area contributed by atoms with E-state index in [-0.39, 0.29) is 11.6 Å². The van der Waals surface area contributed by atoms with Crippen LogP contribution in [0.2, 0.25) is 5.02 Å². The summed E-state index contributed by atoms with van der Waals surface area (Å²) in [6.07, 6.45) is 0.753. The average molecular weight is 296 g/mol. The van der Waals surface area contributed by atoms with Crippen LogP contribution in [0, 0.1) is 17.0 Å². The van der Waals surface area contributed by atoms with Crippen molar-refractivity contribution in [3.05, 3.63) is 44.6 Å². The van der Waals surface area contributed by atoms with Gasteiger partial charge in [0.05, 0.1) is 4.92 Å². The molecule has 0 fully saturated rings. The molecular formula is C13H14ClN3O3. The molecule has 0 bridgehead atoms. The lowest BCUT2D eigenvalue weighted by atomic mass is 10.1. The van der Waals surface area contributed by atoms with Crippen LogP contribution >= 0.6 is 11.6 Å². The van der Waals surface area contributed by atoms with Gasteiger partial charge in [-0.1, -0.05) is 18.5 Å². The monoisotopic (exact) mass is 295 g/mol. The minimum Gasteiger partial charge on any atom is -0.434 e. The number of hydrogen-bond donors (Lipinski definition) is 0. The van der Waals surface area contributed by atoms with E-state index in [2.05, 4.69) is 5.10 Å². The highest BCUT2D eigenvalue weighted by molar-refractivity contribution is 6.31. The lowest BCUT2D eigenvalue weighted by Gasteiger charge is -2.07. The van der Waals surface area contributed by atoms with E-state index in [0.29, 0.717) is 16.5 Å². The second-order valence-corrected chi connectivity index (χ2v) is 4.74. The molecule has 0 radical (unpaired) electrons. The Morgan fingerprint density at radius 1 is 1.50 bits per heavy atom. The first-order valence-electron chi connectivity index (χ1n) is 6.08. The molecular weight excluding hydrogens is 282 g/mol. The third kappa shape index (κ3) is 2.60. The minimum atomic E-state index is -0.492. The summed E-state index contributed by atoms with van der Waals surface area (Å²) >= 11 is 6.04. The van der Waals surface area contributed by atoms with Gasteiger partial charge in [-0.2, -0.15) is 5.10 Å². The second-order valence-electron chi connectivity index (χ2n) is 4.33. The Morgan fingerprint density at radius 2 is 2.20 bits per heavy atom. The van der Waals surface area contributed by atoms with Gasteiger partial charge in [0.1, 0.15) is 11.4 Å². The summed E-state index contributed by atoms with van der Waals surface area (Å²) in [6.45, 7) is 3.55. The van der Waals surface area contributed by atoms with Crippen molar-refractivity contribution in [3.8, 4) is 11.6 Å². The summed E-state index contributed by atoms with van der Waals surface area (Å²) in [5.41, 5.74) is 1.11. The molecule has 20 heavy (non-hydrogen) atoms. The van der Waals surface area contributed by atoms with Crippen LogP contribution in [0.1, 0.15) is 18.2 Å². The molecule has 0 unspecified atom stereocenters. The molecule has 1 heterocycles. The van der Waals surface area contributed by atoms with Gasteiger partial charge in [0, 0.05) is 12.1 Å². The van der Waals surface area contributed by atoms with Crippen molar-refractivity contribution in [2.24, 2.45) is 7.05 Å². The first-order valence-corrected chi connectivity index (χ1v) is 6.46. The molecule has 2 aromatic rings. The van der Waals surface area contributed by atoms with Crippen LogP contribution < -0.4 is 4.74 Å². The van der Waals surface area contributed by atoms with Gasteiger partial charge in [-0.25, -0.2) is 4.68 Å². The number of ether oxygens (including phenoxy) is 1. The summed E-state index contributed by atoms with van der Waals surface area (Å²) < 4.78 is 6.97. The van der Waals surface area contributed by atoms with Gasteiger partial charge >= 0.3 is 5.69 Å². The van der Waals surface area contributed by atoms with Gasteiger partial charge in [-0.05, 0) is 37.1 Å². The zero-order valence-electron chi connectivity index (χ0n) is 11.4. The number of halogens is 1. The first-order chi connectivity index (χ1) is 9.43. The topological polar surface area (TPSA) is 70.2 Å². The summed E-state index contributed by atoms with van der Waals surface area (Å²) in [5.74, 6) is 0.606.